The first-order valence-electron chi connectivity index (χ1n) is 11.1. The topological polar surface area (TPSA) is 89.1 Å². The number of rotatable bonds is 4. The first-order valence-corrected chi connectivity index (χ1v) is 11.1. The van der Waals surface area contributed by atoms with E-state index >= 15 is 0 Å². The van der Waals surface area contributed by atoms with E-state index in [1.54, 1.807) is 49.1 Å². The first kappa shape index (κ1) is 21.1. The maximum atomic E-state index is 13.2. The molecule has 1 N–H and O–H groups in total. The zero-order valence-corrected chi connectivity index (χ0v) is 19.1. The highest BCUT2D eigenvalue weighted by Crippen LogP contribution is 2.34. The van der Waals surface area contributed by atoms with Gasteiger partial charge in [-0.05, 0) is 51.3 Å². The van der Waals surface area contributed by atoms with Crippen molar-refractivity contribution in [3.8, 4) is 11.5 Å². The number of amides is 2. The molecule has 1 fully saturated rings. The van der Waals surface area contributed by atoms with Crippen molar-refractivity contribution in [2.75, 3.05) is 13.6 Å². The van der Waals surface area contributed by atoms with E-state index < -0.39 is 0 Å². The lowest BCUT2D eigenvalue weighted by Crippen LogP contribution is -2.33. The third-order valence-electron chi connectivity index (χ3n) is 6.45. The Hall–Kier alpha value is -3.81. The van der Waals surface area contributed by atoms with E-state index in [0.29, 0.717) is 34.0 Å². The molecular formula is C25H26N4O4. The summed E-state index contributed by atoms with van der Waals surface area (Å²) in [6, 6.07) is 7.41. The van der Waals surface area contributed by atoms with Gasteiger partial charge in [0.2, 0.25) is 0 Å². The summed E-state index contributed by atoms with van der Waals surface area (Å²) in [6.07, 6.45) is 5.48. The second kappa shape index (κ2) is 7.95. The number of fused-ring (bicyclic) bond motifs is 2. The van der Waals surface area contributed by atoms with Gasteiger partial charge in [-0.2, -0.15) is 5.10 Å². The molecule has 0 spiro atoms. The molecule has 0 aliphatic carbocycles. The quantitative estimate of drug-likeness (QED) is 0.500. The summed E-state index contributed by atoms with van der Waals surface area (Å²) in [7, 11) is 1.59. The highest BCUT2D eigenvalue weighted by atomic mass is 16.5. The van der Waals surface area contributed by atoms with Crippen molar-refractivity contribution in [1.29, 1.82) is 0 Å². The van der Waals surface area contributed by atoms with E-state index in [1.807, 2.05) is 17.9 Å². The van der Waals surface area contributed by atoms with E-state index in [9.17, 15) is 9.59 Å². The fourth-order valence-corrected chi connectivity index (χ4v) is 4.71. The second-order valence-corrected chi connectivity index (χ2v) is 8.52. The molecule has 0 saturated carbocycles. The van der Waals surface area contributed by atoms with Crippen molar-refractivity contribution in [2.24, 2.45) is 0 Å². The first-order chi connectivity index (χ1) is 15.9. The van der Waals surface area contributed by atoms with Gasteiger partial charge in [-0.1, -0.05) is 0 Å². The average molecular weight is 447 g/mol. The van der Waals surface area contributed by atoms with Crippen molar-refractivity contribution >= 4 is 28.3 Å². The molecule has 8 nitrogen and oxygen atoms in total. The fraction of sp³-hybridized carbons (Fsp3) is 0.320. The summed E-state index contributed by atoms with van der Waals surface area (Å²) >= 11 is 0. The third-order valence-corrected chi connectivity index (χ3v) is 6.45. The fourth-order valence-electron chi connectivity index (χ4n) is 4.71. The standard InChI is InChI=1S/C25H26N4O4/c1-14-6-5-11-28(14)25(31)19-13-29-23(15(19)2)20(9-10-27-29)33-17-7-8-18-21(12-17)32-16(3)22(18)24(30)26-4/h7-10,12-14H,5-6,11H2,1-4H3,(H,26,30)/t14-/m0/s1. The largest absolute Gasteiger partial charge is 0.460 e. The van der Waals surface area contributed by atoms with Crippen LogP contribution < -0.4 is 10.1 Å². The molecule has 170 valence electrons. The predicted octanol–water partition coefficient (Wildman–Crippen LogP) is 4.47. The molecule has 8 heteroatoms. The maximum absolute atomic E-state index is 13.2. The number of nitrogens with one attached hydrogen (secondary N) is 1. The molecule has 2 amide bonds. The van der Waals surface area contributed by atoms with Crippen LogP contribution in [0.2, 0.25) is 0 Å². The van der Waals surface area contributed by atoms with Crippen molar-refractivity contribution in [2.45, 2.75) is 39.7 Å². The number of nitrogens with zero attached hydrogens (tertiary/aromatic N) is 3. The van der Waals surface area contributed by atoms with Gasteiger partial charge in [-0.25, -0.2) is 4.52 Å². The molecule has 1 aliphatic heterocycles. The van der Waals surface area contributed by atoms with Crippen LogP contribution in [-0.4, -0.2) is 46.0 Å². The molecule has 4 heterocycles. The van der Waals surface area contributed by atoms with Gasteiger partial charge < -0.3 is 19.4 Å². The molecule has 1 atom stereocenters. The average Bonchev–Trinajstić information content (AvgIpc) is 3.47. The monoisotopic (exact) mass is 446 g/mol. The zero-order chi connectivity index (χ0) is 23.3. The molecular weight excluding hydrogens is 420 g/mol. The zero-order valence-electron chi connectivity index (χ0n) is 19.1. The van der Waals surface area contributed by atoms with Crippen LogP contribution in [0.15, 0.2) is 41.1 Å². The highest BCUT2D eigenvalue weighted by molar-refractivity contribution is 6.07. The van der Waals surface area contributed by atoms with Gasteiger partial charge in [0, 0.05) is 43.4 Å². The second-order valence-electron chi connectivity index (χ2n) is 8.52. The number of hydrogen-bond acceptors (Lipinski definition) is 5. The number of aryl methyl sites for hydroxylation is 2. The van der Waals surface area contributed by atoms with Crippen molar-refractivity contribution in [3.63, 3.8) is 0 Å². The molecule has 1 saturated heterocycles. The smallest absolute Gasteiger partial charge is 0.256 e. The van der Waals surface area contributed by atoms with E-state index in [0.717, 1.165) is 35.9 Å². The summed E-state index contributed by atoms with van der Waals surface area (Å²) in [5.74, 6) is 1.54. The summed E-state index contributed by atoms with van der Waals surface area (Å²) in [6.45, 7) is 6.56. The Bertz CT molecular complexity index is 1400. The lowest BCUT2D eigenvalue weighted by atomic mass is 10.1. The lowest BCUT2D eigenvalue weighted by molar-refractivity contribution is 0.0746. The van der Waals surface area contributed by atoms with Gasteiger partial charge in [0.05, 0.1) is 17.3 Å². The number of likely N-dealkylation sites (tertiary alicyclic amines) is 1. The van der Waals surface area contributed by atoms with E-state index in [1.165, 1.54) is 0 Å². The Labute approximate surface area is 191 Å². The van der Waals surface area contributed by atoms with Gasteiger partial charge in [0.1, 0.15) is 22.6 Å². The summed E-state index contributed by atoms with van der Waals surface area (Å²) in [5.41, 5.74) is 3.31. The molecule has 3 aromatic heterocycles. The highest BCUT2D eigenvalue weighted by Gasteiger charge is 2.29. The predicted molar refractivity (Wildman–Crippen MR) is 124 cm³/mol. The van der Waals surface area contributed by atoms with Crippen LogP contribution in [0.3, 0.4) is 0 Å². The van der Waals surface area contributed by atoms with Crippen molar-refractivity contribution in [3.05, 3.63) is 59.1 Å². The van der Waals surface area contributed by atoms with E-state index in [-0.39, 0.29) is 17.9 Å². The molecule has 4 aromatic rings. The van der Waals surface area contributed by atoms with Crippen molar-refractivity contribution in [1.82, 2.24) is 19.8 Å². The molecule has 0 bridgehead atoms. The Morgan fingerprint density at radius 3 is 2.79 bits per heavy atom. The van der Waals surface area contributed by atoms with Crippen molar-refractivity contribution < 1.29 is 18.7 Å². The number of ether oxygens (including phenoxy) is 1. The lowest BCUT2D eigenvalue weighted by Gasteiger charge is -2.21. The molecule has 1 aliphatic rings. The van der Waals surface area contributed by atoms with Crippen LogP contribution >= 0.6 is 0 Å². The number of hydrogen-bond donors (Lipinski definition) is 1. The minimum atomic E-state index is -0.191. The minimum absolute atomic E-state index is 0.0307. The number of furan rings is 1. The van der Waals surface area contributed by atoms with Crippen LogP contribution in [0, 0.1) is 13.8 Å². The van der Waals surface area contributed by atoms with Crippen LogP contribution in [0.4, 0.5) is 0 Å². The minimum Gasteiger partial charge on any atom is -0.460 e. The Morgan fingerprint density at radius 2 is 2.06 bits per heavy atom. The van der Waals surface area contributed by atoms with E-state index in [2.05, 4.69) is 17.3 Å². The molecule has 33 heavy (non-hydrogen) atoms. The summed E-state index contributed by atoms with van der Waals surface area (Å²) < 4.78 is 13.7. The number of carbonyl (C=O) groups is 2. The number of carbonyl (C=O) groups excluding carboxylic acids is 2. The van der Waals surface area contributed by atoms with Gasteiger partial charge in [0.25, 0.3) is 11.8 Å². The van der Waals surface area contributed by atoms with Gasteiger partial charge in [-0.3, -0.25) is 9.59 Å². The van der Waals surface area contributed by atoms with E-state index in [4.69, 9.17) is 9.15 Å². The van der Waals surface area contributed by atoms with Gasteiger partial charge in [-0.15, -0.1) is 0 Å². The molecule has 5 rings (SSSR count). The molecule has 1 aromatic carbocycles. The Balaban J connectivity index is 1.52. The Morgan fingerprint density at radius 1 is 1.24 bits per heavy atom. The van der Waals surface area contributed by atoms with Crippen LogP contribution in [0.1, 0.15) is 51.8 Å². The summed E-state index contributed by atoms with van der Waals surface area (Å²) in [4.78, 5) is 27.3. The normalized spacial score (nSPS) is 16.0. The van der Waals surface area contributed by atoms with Crippen LogP contribution in [0.25, 0.3) is 16.5 Å². The third kappa shape index (κ3) is 3.42. The molecule has 0 radical (unpaired) electrons. The maximum Gasteiger partial charge on any atom is 0.256 e. The van der Waals surface area contributed by atoms with Crippen LogP contribution in [-0.2, 0) is 0 Å². The summed E-state index contributed by atoms with van der Waals surface area (Å²) in [5, 5.41) is 7.76. The molecule has 0 unspecified atom stereocenters. The number of aromatic nitrogens is 2. The van der Waals surface area contributed by atoms with Gasteiger partial charge >= 0.3 is 0 Å². The Kier molecular flexibility index (Phi) is 5.08. The number of benzene rings is 1. The van der Waals surface area contributed by atoms with Crippen LogP contribution in [0.5, 0.6) is 11.5 Å². The van der Waals surface area contributed by atoms with Gasteiger partial charge in [0.15, 0.2) is 5.75 Å². The SMILES string of the molecule is CNC(=O)c1c(C)oc2cc(Oc3ccnn4cc(C(=O)N5CCC[C@@H]5C)c(C)c34)ccc12.